The van der Waals surface area contributed by atoms with Gasteiger partial charge >= 0.3 is 0 Å². The normalized spacial score (nSPS) is 12.9. The fourth-order valence-corrected chi connectivity index (χ4v) is 2.68. The summed E-state index contributed by atoms with van der Waals surface area (Å²) in [6, 6.07) is 8.55. The Kier molecular flexibility index (Phi) is 8.11. The summed E-state index contributed by atoms with van der Waals surface area (Å²) in [6.45, 7) is 8.02. The monoisotopic (exact) mass is 282 g/mol. The van der Waals surface area contributed by atoms with Crippen LogP contribution in [0.3, 0.4) is 0 Å². The molecule has 1 unspecified atom stereocenters. The Morgan fingerprint density at radius 3 is 2.37 bits per heavy atom. The van der Waals surface area contributed by atoms with Crippen LogP contribution < -0.4 is 5.32 Å². The van der Waals surface area contributed by atoms with Crippen molar-refractivity contribution in [3.63, 3.8) is 0 Å². The second-order valence-corrected chi connectivity index (χ2v) is 5.46. The van der Waals surface area contributed by atoms with Crippen molar-refractivity contribution in [2.75, 3.05) is 26.7 Å². The van der Waals surface area contributed by atoms with Gasteiger partial charge in [0, 0.05) is 11.1 Å². The number of hydrogen-bond donors (Lipinski definition) is 1. The molecule has 108 valence electrons. The molecule has 1 aromatic carbocycles. The standard InChI is InChI=1S/C16H27ClN2/c1-4-10-19(11-5-2)12-9-16(18-3)14-7-6-8-15(17)13-14/h6-8,13,16,18H,4-5,9-12H2,1-3H3. The molecule has 0 spiro atoms. The third-order valence-corrected chi connectivity index (χ3v) is 3.65. The van der Waals surface area contributed by atoms with E-state index in [4.69, 9.17) is 11.6 Å². The molecule has 0 aliphatic heterocycles. The molecular formula is C16H27ClN2. The second kappa shape index (κ2) is 9.35. The van der Waals surface area contributed by atoms with E-state index in [9.17, 15) is 0 Å². The smallest absolute Gasteiger partial charge is 0.0409 e. The highest BCUT2D eigenvalue weighted by atomic mass is 35.5. The average molecular weight is 283 g/mol. The molecule has 0 fully saturated rings. The highest BCUT2D eigenvalue weighted by Gasteiger charge is 2.11. The van der Waals surface area contributed by atoms with E-state index in [0.29, 0.717) is 6.04 Å². The van der Waals surface area contributed by atoms with E-state index < -0.39 is 0 Å². The SMILES string of the molecule is CCCN(CCC)CCC(NC)c1cccc(Cl)c1. The average Bonchev–Trinajstić information content (AvgIpc) is 2.40. The second-order valence-electron chi connectivity index (χ2n) is 5.03. The van der Waals surface area contributed by atoms with Gasteiger partial charge in [-0.3, -0.25) is 0 Å². The lowest BCUT2D eigenvalue weighted by Gasteiger charge is -2.24. The lowest BCUT2D eigenvalue weighted by atomic mass is 10.0. The first-order chi connectivity index (χ1) is 9.21. The quantitative estimate of drug-likeness (QED) is 0.733. The molecule has 19 heavy (non-hydrogen) atoms. The highest BCUT2D eigenvalue weighted by Crippen LogP contribution is 2.20. The zero-order valence-electron chi connectivity index (χ0n) is 12.5. The van der Waals surface area contributed by atoms with Gasteiger partial charge in [-0.15, -0.1) is 0 Å². The first-order valence-corrected chi connectivity index (χ1v) is 7.74. The van der Waals surface area contributed by atoms with Crippen molar-refractivity contribution < 1.29 is 0 Å². The summed E-state index contributed by atoms with van der Waals surface area (Å²) < 4.78 is 0. The van der Waals surface area contributed by atoms with Crippen LogP contribution in [0, 0.1) is 0 Å². The molecule has 1 atom stereocenters. The number of benzene rings is 1. The Hall–Kier alpha value is -0.570. The number of halogens is 1. The van der Waals surface area contributed by atoms with Crippen LogP contribution in [-0.4, -0.2) is 31.6 Å². The molecule has 0 saturated carbocycles. The predicted octanol–water partition coefficient (Wildman–Crippen LogP) is 4.11. The van der Waals surface area contributed by atoms with E-state index in [1.165, 1.54) is 31.5 Å². The molecule has 0 amide bonds. The van der Waals surface area contributed by atoms with Crippen molar-refractivity contribution in [2.24, 2.45) is 0 Å². The van der Waals surface area contributed by atoms with E-state index in [1.807, 2.05) is 19.2 Å². The summed E-state index contributed by atoms with van der Waals surface area (Å²) in [7, 11) is 2.02. The maximum absolute atomic E-state index is 6.07. The molecule has 0 aliphatic rings. The van der Waals surface area contributed by atoms with E-state index in [2.05, 4.69) is 36.2 Å². The Bertz CT molecular complexity index is 348. The minimum absolute atomic E-state index is 0.384. The van der Waals surface area contributed by atoms with E-state index in [-0.39, 0.29) is 0 Å². The maximum atomic E-state index is 6.07. The van der Waals surface area contributed by atoms with Gasteiger partial charge in [-0.25, -0.2) is 0 Å². The molecule has 0 aromatic heterocycles. The third-order valence-electron chi connectivity index (χ3n) is 3.41. The van der Waals surface area contributed by atoms with Crippen LogP contribution in [0.1, 0.15) is 44.7 Å². The lowest BCUT2D eigenvalue weighted by molar-refractivity contribution is 0.259. The summed E-state index contributed by atoms with van der Waals surface area (Å²) in [5, 5.41) is 4.22. The summed E-state index contributed by atoms with van der Waals surface area (Å²) in [6.07, 6.45) is 3.57. The van der Waals surface area contributed by atoms with Crippen LogP contribution in [0.5, 0.6) is 0 Å². The fourth-order valence-electron chi connectivity index (χ4n) is 2.48. The lowest BCUT2D eigenvalue weighted by Crippen LogP contribution is -2.29. The number of rotatable bonds is 9. The number of nitrogens with one attached hydrogen (secondary N) is 1. The van der Waals surface area contributed by atoms with E-state index in [0.717, 1.165) is 18.0 Å². The zero-order chi connectivity index (χ0) is 14.1. The van der Waals surface area contributed by atoms with Crippen molar-refractivity contribution in [1.29, 1.82) is 0 Å². The van der Waals surface area contributed by atoms with Gasteiger partial charge in [0.2, 0.25) is 0 Å². The number of hydrogen-bond acceptors (Lipinski definition) is 2. The summed E-state index contributed by atoms with van der Waals surface area (Å²) in [5.74, 6) is 0. The molecule has 0 radical (unpaired) electrons. The van der Waals surface area contributed by atoms with Crippen molar-refractivity contribution in [3.05, 3.63) is 34.9 Å². The summed E-state index contributed by atoms with van der Waals surface area (Å²) >= 11 is 6.07. The van der Waals surface area contributed by atoms with Gasteiger partial charge in [-0.05, 0) is 63.6 Å². The zero-order valence-corrected chi connectivity index (χ0v) is 13.2. The first kappa shape index (κ1) is 16.5. The van der Waals surface area contributed by atoms with Gasteiger partial charge in [-0.1, -0.05) is 37.6 Å². The molecule has 2 nitrogen and oxygen atoms in total. The Labute approximate surface area is 123 Å². The molecule has 0 bridgehead atoms. The van der Waals surface area contributed by atoms with Crippen LogP contribution in [0.2, 0.25) is 5.02 Å². The van der Waals surface area contributed by atoms with Gasteiger partial charge in [0.05, 0.1) is 0 Å². The molecule has 1 aromatic rings. The van der Waals surface area contributed by atoms with Crippen molar-refractivity contribution in [3.8, 4) is 0 Å². The van der Waals surface area contributed by atoms with Crippen LogP contribution in [-0.2, 0) is 0 Å². The molecular weight excluding hydrogens is 256 g/mol. The summed E-state index contributed by atoms with van der Waals surface area (Å²) in [4.78, 5) is 2.55. The van der Waals surface area contributed by atoms with Crippen molar-refractivity contribution in [2.45, 2.75) is 39.2 Å². The largest absolute Gasteiger partial charge is 0.313 e. The number of nitrogens with zero attached hydrogens (tertiary/aromatic N) is 1. The Balaban J connectivity index is 2.56. The molecule has 3 heteroatoms. The topological polar surface area (TPSA) is 15.3 Å². The summed E-state index contributed by atoms with van der Waals surface area (Å²) in [5.41, 5.74) is 1.28. The van der Waals surface area contributed by atoms with Crippen LogP contribution in [0.4, 0.5) is 0 Å². The van der Waals surface area contributed by atoms with Gasteiger partial charge < -0.3 is 10.2 Å². The van der Waals surface area contributed by atoms with Crippen molar-refractivity contribution >= 4 is 11.6 Å². The van der Waals surface area contributed by atoms with E-state index >= 15 is 0 Å². The minimum atomic E-state index is 0.384. The maximum Gasteiger partial charge on any atom is 0.0409 e. The first-order valence-electron chi connectivity index (χ1n) is 7.36. The molecule has 0 aliphatic carbocycles. The van der Waals surface area contributed by atoms with Crippen LogP contribution >= 0.6 is 11.6 Å². The van der Waals surface area contributed by atoms with E-state index in [1.54, 1.807) is 0 Å². The van der Waals surface area contributed by atoms with Gasteiger partial charge in [-0.2, -0.15) is 0 Å². The molecule has 0 saturated heterocycles. The van der Waals surface area contributed by atoms with Crippen LogP contribution in [0.15, 0.2) is 24.3 Å². The predicted molar refractivity (Wildman–Crippen MR) is 84.9 cm³/mol. The van der Waals surface area contributed by atoms with Crippen molar-refractivity contribution in [1.82, 2.24) is 10.2 Å². The molecule has 0 heterocycles. The Morgan fingerprint density at radius 1 is 1.16 bits per heavy atom. The van der Waals surface area contributed by atoms with Crippen LogP contribution in [0.25, 0.3) is 0 Å². The minimum Gasteiger partial charge on any atom is -0.313 e. The van der Waals surface area contributed by atoms with Gasteiger partial charge in [0.25, 0.3) is 0 Å². The fraction of sp³-hybridized carbons (Fsp3) is 0.625. The molecule has 1 N–H and O–H groups in total. The molecule has 1 rings (SSSR count). The highest BCUT2D eigenvalue weighted by molar-refractivity contribution is 6.30. The third kappa shape index (κ3) is 5.94. The van der Waals surface area contributed by atoms with Gasteiger partial charge in [0.1, 0.15) is 0 Å². The Morgan fingerprint density at radius 2 is 1.84 bits per heavy atom. The van der Waals surface area contributed by atoms with Gasteiger partial charge in [0.15, 0.2) is 0 Å².